The van der Waals surface area contributed by atoms with E-state index in [2.05, 4.69) is 10.3 Å². The molecule has 2 amide bonds. The standard InChI is InChI=1S/C22H20ClN3O2/c1-15-18(23)9-6-10-19(15)25-21(27)20-13-17(11-12-24-20)22(28)26(2)14-16-7-4-3-5-8-16/h3-13H,14H2,1-2H3,(H,25,27). The van der Waals surface area contributed by atoms with E-state index < -0.39 is 5.91 Å². The third-order valence-electron chi connectivity index (χ3n) is 4.36. The number of pyridine rings is 1. The average Bonchev–Trinajstić information content (AvgIpc) is 2.71. The fourth-order valence-corrected chi connectivity index (χ4v) is 2.94. The van der Waals surface area contributed by atoms with Gasteiger partial charge in [-0.05, 0) is 42.3 Å². The molecule has 0 unspecified atom stereocenters. The molecular formula is C22H20ClN3O2. The average molecular weight is 394 g/mol. The number of benzene rings is 2. The van der Waals surface area contributed by atoms with Gasteiger partial charge in [-0.2, -0.15) is 0 Å². The molecule has 0 aliphatic carbocycles. The summed E-state index contributed by atoms with van der Waals surface area (Å²) in [4.78, 5) is 31.0. The Morgan fingerprint density at radius 2 is 1.82 bits per heavy atom. The summed E-state index contributed by atoms with van der Waals surface area (Å²) in [6.45, 7) is 2.30. The van der Waals surface area contributed by atoms with Gasteiger partial charge in [0.05, 0.1) is 0 Å². The largest absolute Gasteiger partial charge is 0.337 e. The molecule has 0 saturated heterocycles. The number of amides is 2. The van der Waals surface area contributed by atoms with Gasteiger partial charge in [-0.15, -0.1) is 0 Å². The number of anilines is 1. The Hall–Kier alpha value is -3.18. The minimum Gasteiger partial charge on any atom is -0.337 e. The molecule has 0 aliphatic rings. The van der Waals surface area contributed by atoms with Gasteiger partial charge in [0.25, 0.3) is 11.8 Å². The number of nitrogens with one attached hydrogen (secondary N) is 1. The summed E-state index contributed by atoms with van der Waals surface area (Å²) in [7, 11) is 1.73. The van der Waals surface area contributed by atoms with Crippen molar-refractivity contribution in [2.24, 2.45) is 0 Å². The molecule has 6 heteroatoms. The monoisotopic (exact) mass is 393 g/mol. The van der Waals surface area contributed by atoms with Crippen LogP contribution in [-0.4, -0.2) is 28.7 Å². The van der Waals surface area contributed by atoms with Gasteiger partial charge in [0.15, 0.2) is 0 Å². The second-order valence-electron chi connectivity index (χ2n) is 6.44. The van der Waals surface area contributed by atoms with E-state index in [1.165, 1.54) is 12.3 Å². The lowest BCUT2D eigenvalue weighted by Gasteiger charge is -2.17. The summed E-state index contributed by atoms with van der Waals surface area (Å²) in [6, 6.07) is 18.1. The third kappa shape index (κ3) is 4.56. The Morgan fingerprint density at radius 3 is 2.57 bits per heavy atom. The highest BCUT2D eigenvalue weighted by Gasteiger charge is 2.16. The van der Waals surface area contributed by atoms with Crippen LogP contribution >= 0.6 is 11.6 Å². The number of rotatable bonds is 5. The lowest BCUT2D eigenvalue weighted by atomic mass is 10.1. The maximum Gasteiger partial charge on any atom is 0.274 e. The van der Waals surface area contributed by atoms with Crippen molar-refractivity contribution in [3.05, 3.63) is 94.3 Å². The van der Waals surface area contributed by atoms with E-state index in [0.717, 1.165) is 11.1 Å². The van der Waals surface area contributed by atoms with Crippen LogP contribution in [0.15, 0.2) is 66.9 Å². The van der Waals surface area contributed by atoms with Gasteiger partial charge in [-0.25, -0.2) is 0 Å². The Balaban J connectivity index is 1.75. The molecule has 3 rings (SSSR count). The van der Waals surface area contributed by atoms with Crippen LogP contribution in [0.5, 0.6) is 0 Å². The van der Waals surface area contributed by atoms with E-state index in [1.807, 2.05) is 37.3 Å². The van der Waals surface area contributed by atoms with Crippen LogP contribution in [0.3, 0.4) is 0 Å². The molecule has 0 atom stereocenters. The molecule has 1 aromatic heterocycles. The summed E-state index contributed by atoms with van der Waals surface area (Å²) < 4.78 is 0. The number of carbonyl (C=O) groups is 2. The molecule has 0 radical (unpaired) electrons. The minimum atomic E-state index is -0.397. The number of halogens is 1. The van der Waals surface area contributed by atoms with Crippen LogP contribution < -0.4 is 5.32 Å². The molecule has 5 nitrogen and oxygen atoms in total. The van der Waals surface area contributed by atoms with Crippen molar-refractivity contribution in [3.8, 4) is 0 Å². The van der Waals surface area contributed by atoms with Crippen molar-refractivity contribution in [2.45, 2.75) is 13.5 Å². The fraction of sp³-hybridized carbons (Fsp3) is 0.136. The molecule has 1 heterocycles. The van der Waals surface area contributed by atoms with Crippen LogP contribution in [-0.2, 0) is 6.54 Å². The van der Waals surface area contributed by atoms with Crippen molar-refractivity contribution < 1.29 is 9.59 Å². The minimum absolute atomic E-state index is 0.165. The Morgan fingerprint density at radius 1 is 1.07 bits per heavy atom. The highest BCUT2D eigenvalue weighted by atomic mass is 35.5. The number of carbonyl (C=O) groups excluding carboxylic acids is 2. The third-order valence-corrected chi connectivity index (χ3v) is 4.77. The molecule has 1 N–H and O–H groups in total. The lowest BCUT2D eigenvalue weighted by Crippen LogP contribution is -2.26. The second kappa shape index (κ2) is 8.67. The Kier molecular flexibility index (Phi) is 6.06. The number of hydrogen-bond acceptors (Lipinski definition) is 3. The molecule has 0 spiro atoms. The van der Waals surface area contributed by atoms with Gasteiger partial charge in [0.2, 0.25) is 0 Å². The molecule has 142 valence electrons. The summed E-state index contributed by atoms with van der Waals surface area (Å²) in [5.41, 5.74) is 2.98. The first-order chi connectivity index (χ1) is 13.5. The Bertz CT molecular complexity index is 1010. The van der Waals surface area contributed by atoms with Crippen LogP contribution in [0.1, 0.15) is 32.0 Å². The highest BCUT2D eigenvalue weighted by Crippen LogP contribution is 2.23. The van der Waals surface area contributed by atoms with Crippen LogP contribution in [0.2, 0.25) is 5.02 Å². The summed E-state index contributed by atoms with van der Waals surface area (Å²) in [6.07, 6.45) is 1.46. The van der Waals surface area contributed by atoms with Gasteiger partial charge in [-0.1, -0.05) is 48.0 Å². The SMILES string of the molecule is Cc1c(Cl)cccc1NC(=O)c1cc(C(=O)N(C)Cc2ccccc2)ccn1. The number of nitrogens with zero attached hydrogens (tertiary/aromatic N) is 2. The van der Waals surface area contributed by atoms with Crippen molar-refractivity contribution in [1.82, 2.24) is 9.88 Å². The van der Waals surface area contributed by atoms with E-state index >= 15 is 0 Å². The maximum absolute atomic E-state index is 12.7. The first-order valence-electron chi connectivity index (χ1n) is 8.77. The summed E-state index contributed by atoms with van der Waals surface area (Å²) in [5, 5.41) is 3.36. The fourth-order valence-electron chi connectivity index (χ4n) is 2.77. The predicted molar refractivity (Wildman–Crippen MR) is 111 cm³/mol. The normalized spacial score (nSPS) is 10.4. The molecule has 0 bridgehead atoms. The number of hydrogen-bond donors (Lipinski definition) is 1. The zero-order valence-electron chi connectivity index (χ0n) is 15.6. The van der Waals surface area contributed by atoms with Crippen LogP contribution in [0.4, 0.5) is 5.69 Å². The van der Waals surface area contributed by atoms with Crippen LogP contribution in [0, 0.1) is 6.92 Å². The molecule has 3 aromatic rings. The predicted octanol–water partition coefficient (Wildman–Crippen LogP) is 4.57. The van der Waals surface area contributed by atoms with Gasteiger partial charge < -0.3 is 10.2 Å². The molecular weight excluding hydrogens is 374 g/mol. The van der Waals surface area contributed by atoms with Crippen molar-refractivity contribution in [2.75, 3.05) is 12.4 Å². The van der Waals surface area contributed by atoms with Crippen LogP contribution in [0.25, 0.3) is 0 Å². The molecule has 0 aliphatic heterocycles. The molecule has 2 aromatic carbocycles. The van der Waals surface area contributed by atoms with Crippen molar-refractivity contribution in [3.63, 3.8) is 0 Å². The molecule has 0 saturated carbocycles. The second-order valence-corrected chi connectivity index (χ2v) is 6.85. The first kappa shape index (κ1) is 19.6. The molecule has 0 fully saturated rings. The number of aromatic nitrogens is 1. The smallest absolute Gasteiger partial charge is 0.274 e. The quantitative estimate of drug-likeness (QED) is 0.690. The lowest BCUT2D eigenvalue weighted by molar-refractivity contribution is 0.0785. The Labute approximate surface area is 169 Å². The first-order valence-corrected chi connectivity index (χ1v) is 9.15. The summed E-state index contributed by atoms with van der Waals surface area (Å²) >= 11 is 6.09. The van der Waals surface area contributed by atoms with E-state index in [9.17, 15) is 9.59 Å². The topological polar surface area (TPSA) is 62.3 Å². The van der Waals surface area contributed by atoms with E-state index in [1.54, 1.807) is 36.2 Å². The zero-order valence-corrected chi connectivity index (χ0v) is 16.4. The van der Waals surface area contributed by atoms with Gasteiger partial charge in [0, 0.05) is 36.1 Å². The molecule has 28 heavy (non-hydrogen) atoms. The summed E-state index contributed by atoms with van der Waals surface area (Å²) in [5.74, 6) is -0.579. The van der Waals surface area contributed by atoms with E-state index in [4.69, 9.17) is 11.6 Å². The van der Waals surface area contributed by atoms with E-state index in [-0.39, 0.29) is 11.6 Å². The van der Waals surface area contributed by atoms with Crippen molar-refractivity contribution in [1.29, 1.82) is 0 Å². The van der Waals surface area contributed by atoms with Crippen molar-refractivity contribution >= 4 is 29.1 Å². The van der Waals surface area contributed by atoms with Gasteiger partial charge in [0.1, 0.15) is 5.69 Å². The van der Waals surface area contributed by atoms with E-state index in [0.29, 0.717) is 22.8 Å². The zero-order chi connectivity index (χ0) is 20.1. The highest BCUT2D eigenvalue weighted by molar-refractivity contribution is 6.31. The van der Waals surface area contributed by atoms with Gasteiger partial charge >= 0.3 is 0 Å². The maximum atomic E-state index is 12.7. The van der Waals surface area contributed by atoms with Gasteiger partial charge in [-0.3, -0.25) is 14.6 Å².